The number of hydrogen-bond donors (Lipinski definition) is 4. The molecule has 0 aliphatic heterocycles. The van der Waals surface area contributed by atoms with Crippen LogP contribution in [0.15, 0.2) is 42.9 Å². The normalized spacial score (nSPS) is 15.1. The Kier molecular flexibility index (Phi) is 5.04. The minimum atomic E-state index is -0.521. The molecule has 5 aromatic rings. The molecule has 0 spiro atoms. The highest BCUT2D eigenvalue weighted by atomic mass is 16.5. The third-order valence-electron chi connectivity index (χ3n) is 6.62. The number of rotatable bonds is 8. The van der Waals surface area contributed by atoms with E-state index < -0.39 is 5.60 Å². The van der Waals surface area contributed by atoms with Gasteiger partial charge in [-0.25, -0.2) is 4.98 Å². The summed E-state index contributed by atoms with van der Waals surface area (Å²) in [6, 6.07) is 7.94. The van der Waals surface area contributed by atoms with Gasteiger partial charge in [0.2, 0.25) is 0 Å². The average Bonchev–Trinajstić information content (AvgIpc) is 3.56. The Labute approximate surface area is 195 Å². The second kappa shape index (κ2) is 8.23. The summed E-state index contributed by atoms with van der Waals surface area (Å²) in [5.41, 5.74) is 5.72. The van der Waals surface area contributed by atoms with Crippen molar-refractivity contribution >= 4 is 16.6 Å². The molecule has 0 saturated heterocycles. The first-order valence-electron chi connectivity index (χ1n) is 11.4. The van der Waals surface area contributed by atoms with Crippen molar-refractivity contribution in [3.63, 3.8) is 0 Å². The molecule has 0 unspecified atom stereocenters. The molecule has 0 amide bonds. The number of aromatic amines is 2. The van der Waals surface area contributed by atoms with Crippen molar-refractivity contribution < 1.29 is 9.84 Å². The molecule has 1 fully saturated rings. The number of hydrogen-bond acceptors (Lipinski definition) is 7. The van der Waals surface area contributed by atoms with E-state index in [9.17, 15) is 5.11 Å². The average molecular weight is 459 g/mol. The van der Waals surface area contributed by atoms with Crippen LogP contribution in [-0.2, 0) is 13.0 Å². The van der Waals surface area contributed by atoms with E-state index in [2.05, 4.69) is 43.2 Å². The van der Waals surface area contributed by atoms with Gasteiger partial charge in [0.1, 0.15) is 17.1 Å². The smallest absolute Gasteiger partial charge is 0.137 e. The Morgan fingerprint density at radius 2 is 2.12 bits per heavy atom. The van der Waals surface area contributed by atoms with Crippen molar-refractivity contribution in [2.45, 2.75) is 37.8 Å². The number of nitrogens with zero attached hydrogens (tertiary/aromatic N) is 5. The molecule has 4 heterocycles. The zero-order valence-corrected chi connectivity index (χ0v) is 18.9. The van der Waals surface area contributed by atoms with Gasteiger partial charge in [0.15, 0.2) is 0 Å². The summed E-state index contributed by atoms with van der Waals surface area (Å²) >= 11 is 0. The fourth-order valence-electron chi connectivity index (χ4n) is 4.58. The minimum Gasteiger partial charge on any atom is -0.497 e. The van der Waals surface area contributed by atoms with Crippen LogP contribution in [0.3, 0.4) is 0 Å². The Morgan fingerprint density at radius 3 is 2.94 bits per heavy atom. The zero-order chi connectivity index (χ0) is 23.1. The number of nitrogens with one attached hydrogen (secondary N) is 3. The monoisotopic (exact) mass is 458 g/mol. The van der Waals surface area contributed by atoms with Crippen LogP contribution in [-0.4, -0.2) is 59.4 Å². The van der Waals surface area contributed by atoms with Gasteiger partial charge in [-0.15, -0.1) is 0 Å². The van der Waals surface area contributed by atoms with Crippen LogP contribution in [0.1, 0.15) is 36.2 Å². The second-order valence-electron chi connectivity index (χ2n) is 9.02. The van der Waals surface area contributed by atoms with Crippen molar-refractivity contribution in [2.24, 2.45) is 0 Å². The second-order valence-corrected chi connectivity index (χ2v) is 9.02. The van der Waals surface area contributed by atoms with Crippen LogP contribution in [0.4, 0.5) is 0 Å². The molecule has 10 heteroatoms. The van der Waals surface area contributed by atoms with Crippen molar-refractivity contribution in [2.75, 3.05) is 13.7 Å². The SMILES string of the molecule is COc1cc(-c2n[nH]nc2Cc2cn3cc(CNCC4(O)CCC4)ccc3n2)c2cn[nH]c2c1. The molecule has 174 valence electrons. The summed E-state index contributed by atoms with van der Waals surface area (Å²) in [5.74, 6) is 0.721. The van der Waals surface area contributed by atoms with E-state index in [-0.39, 0.29) is 0 Å². The maximum atomic E-state index is 10.3. The summed E-state index contributed by atoms with van der Waals surface area (Å²) in [4.78, 5) is 4.77. The zero-order valence-electron chi connectivity index (χ0n) is 18.9. The molecular weight excluding hydrogens is 432 g/mol. The third-order valence-corrected chi connectivity index (χ3v) is 6.62. The molecular formula is C24H26N8O2. The van der Waals surface area contributed by atoms with Gasteiger partial charge in [0.25, 0.3) is 0 Å². The molecule has 1 aliphatic rings. The molecule has 1 aliphatic carbocycles. The van der Waals surface area contributed by atoms with Crippen molar-refractivity contribution in [3.8, 4) is 17.0 Å². The standard InChI is InChI=1S/C24H26N8O2/c1-34-17-8-18(19-11-26-28-20(19)9-17)23-21(29-31-30-23)7-16-13-32-12-15(3-4-22(32)27-16)10-25-14-24(33)5-2-6-24/h3-4,8-9,11-13,25,33H,2,5-7,10,14H2,1H3,(H,26,28)(H,29,30,31). The minimum absolute atomic E-state index is 0.521. The number of imidazole rings is 1. The molecule has 1 saturated carbocycles. The quantitative estimate of drug-likeness (QED) is 0.281. The van der Waals surface area contributed by atoms with Gasteiger partial charge >= 0.3 is 0 Å². The number of benzene rings is 1. The molecule has 10 nitrogen and oxygen atoms in total. The third kappa shape index (κ3) is 3.80. The predicted molar refractivity (Wildman–Crippen MR) is 127 cm³/mol. The lowest BCUT2D eigenvalue weighted by atomic mass is 9.80. The van der Waals surface area contributed by atoms with Gasteiger partial charge in [0.05, 0.1) is 35.8 Å². The van der Waals surface area contributed by atoms with Crippen molar-refractivity contribution in [1.29, 1.82) is 0 Å². The molecule has 6 rings (SSSR count). The Hall–Kier alpha value is -3.76. The largest absolute Gasteiger partial charge is 0.497 e. The van der Waals surface area contributed by atoms with E-state index in [4.69, 9.17) is 9.72 Å². The van der Waals surface area contributed by atoms with Gasteiger partial charge in [-0.2, -0.15) is 20.5 Å². The Bertz CT molecular complexity index is 1460. The summed E-state index contributed by atoms with van der Waals surface area (Å²) < 4.78 is 7.49. The first-order valence-corrected chi connectivity index (χ1v) is 11.4. The fourth-order valence-corrected chi connectivity index (χ4v) is 4.58. The summed E-state index contributed by atoms with van der Waals surface area (Å²) in [5, 5.41) is 33.4. The first-order chi connectivity index (χ1) is 16.6. The predicted octanol–water partition coefficient (Wildman–Crippen LogP) is 2.60. The number of methoxy groups -OCH3 is 1. The molecule has 4 N–H and O–H groups in total. The summed E-state index contributed by atoms with van der Waals surface area (Å²) in [6.07, 6.45) is 9.29. The van der Waals surface area contributed by atoms with Gasteiger partial charge in [-0.1, -0.05) is 6.07 Å². The number of H-pyrrole nitrogens is 2. The van der Waals surface area contributed by atoms with Crippen LogP contribution in [0.5, 0.6) is 5.75 Å². The van der Waals surface area contributed by atoms with E-state index in [0.717, 1.165) is 69.8 Å². The molecule has 34 heavy (non-hydrogen) atoms. The first kappa shape index (κ1) is 20.8. The molecule has 0 radical (unpaired) electrons. The summed E-state index contributed by atoms with van der Waals surface area (Å²) in [6.45, 7) is 1.33. The number of ether oxygens (including phenoxy) is 1. The van der Waals surface area contributed by atoms with E-state index in [1.54, 1.807) is 13.3 Å². The maximum absolute atomic E-state index is 10.3. The van der Waals surface area contributed by atoms with Gasteiger partial charge in [-0.05, 0) is 37.0 Å². The summed E-state index contributed by atoms with van der Waals surface area (Å²) in [7, 11) is 1.64. The Morgan fingerprint density at radius 1 is 1.21 bits per heavy atom. The van der Waals surface area contributed by atoms with Crippen molar-refractivity contribution in [1.82, 2.24) is 40.3 Å². The Balaban J connectivity index is 1.23. The van der Waals surface area contributed by atoms with Crippen LogP contribution in [0.25, 0.3) is 27.8 Å². The maximum Gasteiger partial charge on any atom is 0.137 e. The van der Waals surface area contributed by atoms with E-state index in [1.165, 1.54) is 0 Å². The number of fused-ring (bicyclic) bond motifs is 2. The van der Waals surface area contributed by atoms with Crippen LogP contribution in [0, 0.1) is 0 Å². The molecule has 0 atom stereocenters. The molecule has 1 aromatic carbocycles. The lowest BCUT2D eigenvalue weighted by Gasteiger charge is -2.36. The van der Waals surface area contributed by atoms with E-state index >= 15 is 0 Å². The molecule has 4 aromatic heterocycles. The van der Waals surface area contributed by atoms with Crippen molar-refractivity contribution in [3.05, 3.63) is 59.8 Å². The highest BCUT2D eigenvalue weighted by molar-refractivity contribution is 5.95. The number of aromatic nitrogens is 7. The topological polar surface area (TPSA) is 129 Å². The molecule has 0 bridgehead atoms. The van der Waals surface area contributed by atoms with Crippen LogP contribution < -0.4 is 10.1 Å². The number of aliphatic hydroxyl groups is 1. The number of pyridine rings is 1. The van der Waals surface area contributed by atoms with Crippen LogP contribution >= 0.6 is 0 Å². The van der Waals surface area contributed by atoms with Gasteiger partial charge in [0, 0.05) is 48.9 Å². The van der Waals surface area contributed by atoms with Gasteiger partial charge < -0.3 is 19.6 Å². The lowest BCUT2D eigenvalue weighted by Crippen LogP contribution is -2.45. The van der Waals surface area contributed by atoms with E-state index in [1.807, 2.05) is 28.8 Å². The highest BCUT2D eigenvalue weighted by Crippen LogP contribution is 2.33. The lowest BCUT2D eigenvalue weighted by molar-refractivity contribution is -0.0314. The highest BCUT2D eigenvalue weighted by Gasteiger charge is 2.33. The van der Waals surface area contributed by atoms with E-state index in [0.29, 0.717) is 19.5 Å². The van der Waals surface area contributed by atoms with Crippen LogP contribution in [0.2, 0.25) is 0 Å². The van der Waals surface area contributed by atoms with Gasteiger partial charge in [-0.3, -0.25) is 5.10 Å². The fraction of sp³-hybridized carbons (Fsp3) is 0.333.